The van der Waals surface area contributed by atoms with E-state index in [9.17, 15) is 10.1 Å². The Morgan fingerprint density at radius 1 is 1.56 bits per heavy atom. The summed E-state index contributed by atoms with van der Waals surface area (Å²) in [6.45, 7) is 5.56. The Morgan fingerprint density at radius 3 is 2.69 bits per heavy atom. The van der Waals surface area contributed by atoms with E-state index < -0.39 is 4.92 Å². The third-order valence-electron chi connectivity index (χ3n) is 2.07. The van der Waals surface area contributed by atoms with Crippen LogP contribution in [-0.2, 0) is 0 Å². The summed E-state index contributed by atoms with van der Waals surface area (Å²) in [6, 6.07) is 0. The molecule has 1 unspecified atom stereocenters. The van der Waals surface area contributed by atoms with E-state index in [2.05, 4.69) is 9.97 Å². The highest BCUT2D eigenvalue weighted by atomic mass is 35.5. The molecule has 0 bridgehead atoms. The molecule has 1 rings (SSSR count). The van der Waals surface area contributed by atoms with Crippen molar-refractivity contribution in [3.8, 4) is 0 Å². The molecule has 0 amide bonds. The summed E-state index contributed by atoms with van der Waals surface area (Å²) in [5, 5.41) is 11.5. The van der Waals surface area contributed by atoms with Crippen LogP contribution in [0, 0.1) is 17.0 Å². The van der Waals surface area contributed by atoms with Gasteiger partial charge in [0.2, 0.25) is 5.28 Å². The summed E-state index contributed by atoms with van der Waals surface area (Å²) in [6.07, 6.45) is 0.905. The summed E-state index contributed by atoms with van der Waals surface area (Å²) in [5.41, 5.74) is 0.255. The molecule has 1 heterocycles. The first-order valence-electron chi connectivity index (χ1n) is 4.80. The number of nitrogens with zero attached hydrogens (tertiary/aromatic N) is 3. The lowest BCUT2D eigenvalue weighted by Gasteiger charge is -2.08. The molecule has 0 saturated heterocycles. The van der Waals surface area contributed by atoms with Gasteiger partial charge in [0.25, 0.3) is 0 Å². The van der Waals surface area contributed by atoms with Gasteiger partial charge < -0.3 is 0 Å². The highest BCUT2D eigenvalue weighted by Gasteiger charge is 2.23. The van der Waals surface area contributed by atoms with Crippen LogP contribution in [0.5, 0.6) is 0 Å². The second kappa shape index (κ2) is 5.45. The molecule has 0 radical (unpaired) electrons. The molecule has 5 nitrogen and oxygen atoms in total. The molecular formula is C9H12ClN3O2S. The van der Waals surface area contributed by atoms with Crippen molar-refractivity contribution >= 4 is 29.1 Å². The largest absolute Gasteiger partial charge is 0.322 e. The molecule has 0 aliphatic rings. The van der Waals surface area contributed by atoms with Crippen LogP contribution in [0.4, 0.5) is 5.69 Å². The fourth-order valence-electron chi connectivity index (χ4n) is 1.07. The molecule has 1 atom stereocenters. The van der Waals surface area contributed by atoms with Crippen molar-refractivity contribution in [3.63, 3.8) is 0 Å². The molecule has 0 spiro atoms. The predicted molar refractivity (Wildman–Crippen MR) is 64.0 cm³/mol. The second-order valence-electron chi connectivity index (χ2n) is 3.33. The van der Waals surface area contributed by atoms with E-state index in [0.717, 1.165) is 6.42 Å². The number of thioether (sulfide) groups is 1. The van der Waals surface area contributed by atoms with E-state index in [1.807, 2.05) is 13.8 Å². The average molecular weight is 262 g/mol. The second-order valence-corrected chi connectivity index (χ2v) is 5.09. The number of hydrogen-bond acceptors (Lipinski definition) is 5. The Morgan fingerprint density at radius 2 is 2.19 bits per heavy atom. The molecule has 0 fully saturated rings. The molecule has 0 N–H and O–H groups in total. The minimum Gasteiger partial charge on any atom is -0.258 e. The van der Waals surface area contributed by atoms with Crippen molar-refractivity contribution in [2.75, 3.05) is 0 Å². The first-order chi connectivity index (χ1) is 7.45. The summed E-state index contributed by atoms with van der Waals surface area (Å²) in [7, 11) is 0. The highest BCUT2D eigenvalue weighted by molar-refractivity contribution is 8.00. The number of hydrogen-bond donors (Lipinski definition) is 0. The van der Waals surface area contributed by atoms with Gasteiger partial charge in [0.05, 0.1) is 4.92 Å². The summed E-state index contributed by atoms with van der Waals surface area (Å²) in [5.74, 6) is 0. The van der Waals surface area contributed by atoms with E-state index in [4.69, 9.17) is 11.6 Å². The third kappa shape index (κ3) is 3.05. The number of halogens is 1. The van der Waals surface area contributed by atoms with E-state index in [-0.39, 0.29) is 16.2 Å². The van der Waals surface area contributed by atoms with E-state index in [1.54, 1.807) is 6.92 Å². The molecule has 0 aromatic carbocycles. The minimum absolute atomic E-state index is 0.0466. The summed E-state index contributed by atoms with van der Waals surface area (Å²) >= 11 is 7.04. The van der Waals surface area contributed by atoms with Gasteiger partial charge in [-0.1, -0.05) is 25.6 Å². The predicted octanol–water partition coefficient (Wildman–Crippen LogP) is 3.24. The smallest absolute Gasteiger partial charge is 0.258 e. The Hall–Kier alpha value is -0.880. The number of rotatable bonds is 4. The quantitative estimate of drug-likeness (QED) is 0.274. The summed E-state index contributed by atoms with van der Waals surface area (Å²) < 4.78 is 0. The van der Waals surface area contributed by atoms with Crippen molar-refractivity contribution < 1.29 is 4.92 Å². The molecule has 0 aliphatic carbocycles. The van der Waals surface area contributed by atoms with Crippen LogP contribution in [0.1, 0.15) is 26.0 Å². The Kier molecular flexibility index (Phi) is 4.49. The van der Waals surface area contributed by atoms with Gasteiger partial charge >= 0.3 is 5.69 Å². The Balaban J connectivity index is 3.19. The molecule has 7 heteroatoms. The average Bonchev–Trinajstić information content (AvgIpc) is 2.15. The third-order valence-corrected chi connectivity index (χ3v) is 3.48. The molecule has 0 saturated carbocycles. The van der Waals surface area contributed by atoms with Gasteiger partial charge in [0.15, 0.2) is 5.03 Å². The fraction of sp³-hybridized carbons (Fsp3) is 0.556. The fourth-order valence-corrected chi connectivity index (χ4v) is 2.36. The highest BCUT2D eigenvalue weighted by Crippen LogP contribution is 2.33. The molecule has 1 aromatic rings. The van der Waals surface area contributed by atoms with Gasteiger partial charge in [-0.25, -0.2) is 9.97 Å². The van der Waals surface area contributed by atoms with Crippen molar-refractivity contribution in [1.29, 1.82) is 0 Å². The molecular weight excluding hydrogens is 250 g/mol. The zero-order chi connectivity index (χ0) is 12.3. The normalized spacial score (nSPS) is 12.5. The Bertz CT molecular complexity index is 414. The molecule has 88 valence electrons. The molecule has 0 aliphatic heterocycles. The van der Waals surface area contributed by atoms with E-state index in [0.29, 0.717) is 10.7 Å². The maximum atomic E-state index is 10.9. The van der Waals surface area contributed by atoms with E-state index in [1.165, 1.54) is 11.8 Å². The maximum absolute atomic E-state index is 10.9. The zero-order valence-electron chi connectivity index (χ0n) is 9.23. The number of aromatic nitrogens is 2. The van der Waals surface area contributed by atoms with Gasteiger partial charge in [0.1, 0.15) is 5.69 Å². The number of aryl methyl sites for hydroxylation is 1. The first kappa shape index (κ1) is 13.2. The molecule has 16 heavy (non-hydrogen) atoms. The lowest BCUT2D eigenvalue weighted by molar-refractivity contribution is -0.389. The zero-order valence-corrected chi connectivity index (χ0v) is 10.8. The SMILES string of the molecule is CCC(C)Sc1nc(Cl)nc(C)c1[N+](=O)[O-]. The van der Waals surface area contributed by atoms with Crippen LogP contribution in [0.15, 0.2) is 5.03 Å². The number of nitro groups is 1. The lowest BCUT2D eigenvalue weighted by Crippen LogP contribution is -2.03. The minimum atomic E-state index is -0.462. The van der Waals surface area contributed by atoms with Crippen LogP contribution in [0.2, 0.25) is 5.28 Å². The van der Waals surface area contributed by atoms with Crippen LogP contribution >= 0.6 is 23.4 Å². The topological polar surface area (TPSA) is 68.9 Å². The van der Waals surface area contributed by atoms with Crippen LogP contribution in [0.25, 0.3) is 0 Å². The Labute approximate surface area is 103 Å². The van der Waals surface area contributed by atoms with Gasteiger partial charge in [-0.2, -0.15) is 0 Å². The first-order valence-corrected chi connectivity index (χ1v) is 6.06. The maximum Gasteiger partial charge on any atom is 0.322 e. The monoisotopic (exact) mass is 261 g/mol. The summed E-state index contributed by atoms with van der Waals surface area (Å²) in [4.78, 5) is 18.1. The van der Waals surface area contributed by atoms with Crippen LogP contribution in [0.3, 0.4) is 0 Å². The van der Waals surface area contributed by atoms with Gasteiger partial charge in [-0.15, -0.1) is 0 Å². The van der Waals surface area contributed by atoms with Crippen molar-refractivity contribution in [2.45, 2.75) is 37.5 Å². The standard InChI is InChI=1S/C9H12ClN3O2S/c1-4-5(2)16-8-7(13(14)15)6(3)11-9(10)12-8/h5H,4H2,1-3H3. The van der Waals surface area contributed by atoms with Gasteiger partial charge in [-0.05, 0) is 24.9 Å². The van der Waals surface area contributed by atoms with Crippen LogP contribution in [-0.4, -0.2) is 20.1 Å². The van der Waals surface area contributed by atoms with Gasteiger partial charge in [0, 0.05) is 5.25 Å². The van der Waals surface area contributed by atoms with Crippen molar-refractivity contribution in [1.82, 2.24) is 9.97 Å². The lowest BCUT2D eigenvalue weighted by atomic mass is 10.4. The molecule has 1 aromatic heterocycles. The van der Waals surface area contributed by atoms with Gasteiger partial charge in [-0.3, -0.25) is 10.1 Å². The van der Waals surface area contributed by atoms with Crippen molar-refractivity contribution in [3.05, 3.63) is 21.1 Å². The van der Waals surface area contributed by atoms with Crippen LogP contribution < -0.4 is 0 Å². The van der Waals surface area contributed by atoms with Crippen molar-refractivity contribution in [2.24, 2.45) is 0 Å². The van der Waals surface area contributed by atoms with E-state index >= 15 is 0 Å².